The first-order valence-electron chi connectivity index (χ1n) is 14.1. The molecule has 40 heavy (non-hydrogen) atoms. The van der Waals surface area contributed by atoms with Gasteiger partial charge in [0.15, 0.2) is 23.2 Å². The topological polar surface area (TPSA) is 133 Å². The second kappa shape index (κ2) is 9.55. The number of hydrogen-bond acceptors (Lipinski definition) is 11. The summed E-state index contributed by atoms with van der Waals surface area (Å²) in [5.41, 5.74) is -1.60. The lowest BCUT2D eigenvalue weighted by atomic mass is 9.78. The van der Waals surface area contributed by atoms with E-state index in [0.717, 1.165) is 30.5 Å². The third-order valence-electron chi connectivity index (χ3n) is 9.53. The third-order valence-corrected chi connectivity index (χ3v) is 9.53. The van der Waals surface area contributed by atoms with Gasteiger partial charge in [0.25, 0.3) is 0 Å². The number of ether oxygens (including phenoxy) is 6. The smallest absolute Gasteiger partial charge is 0.339 e. The third kappa shape index (κ3) is 4.28. The maximum Gasteiger partial charge on any atom is 0.339 e. The van der Waals surface area contributed by atoms with Gasteiger partial charge in [-0.1, -0.05) is 0 Å². The monoisotopic (exact) mass is 561 g/mol. The molecule has 1 aliphatic carbocycles. The summed E-state index contributed by atoms with van der Waals surface area (Å²) in [5.74, 6) is -1.96. The Morgan fingerprint density at radius 2 is 1.85 bits per heavy atom. The van der Waals surface area contributed by atoms with Crippen LogP contribution in [0.4, 0.5) is 0 Å². The number of carbonyl (C=O) groups excluding carboxylic acids is 2. The molecule has 1 spiro atoms. The quantitative estimate of drug-likeness (QED) is 0.430. The highest BCUT2D eigenvalue weighted by Crippen LogP contribution is 2.65. The Morgan fingerprint density at radius 1 is 1.12 bits per heavy atom. The van der Waals surface area contributed by atoms with E-state index < -0.39 is 41.5 Å². The second-order valence-corrected chi connectivity index (χ2v) is 12.5. The minimum Gasteiger partial charge on any atom is -0.469 e. The Hall–Kier alpha value is -2.44. The number of fused-ring (bicyclic) bond motifs is 1. The molecule has 7 rings (SSSR count). The first-order chi connectivity index (χ1) is 18.9. The minimum absolute atomic E-state index is 0.0850. The molecule has 6 aliphatic rings. The number of benzene rings is 1. The van der Waals surface area contributed by atoms with Crippen LogP contribution >= 0.6 is 0 Å². The van der Waals surface area contributed by atoms with Gasteiger partial charge in [-0.15, -0.1) is 0 Å². The highest BCUT2D eigenvalue weighted by atomic mass is 16.7. The van der Waals surface area contributed by atoms with Crippen molar-refractivity contribution < 1.29 is 48.2 Å². The highest BCUT2D eigenvalue weighted by molar-refractivity contribution is 5.86. The summed E-state index contributed by atoms with van der Waals surface area (Å²) >= 11 is 0. The number of methoxy groups -OCH3 is 2. The lowest BCUT2D eigenvalue weighted by Crippen LogP contribution is -2.52. The molecule has 3 fully saturated rings. The number of aliphatic hydroxyl groups is 2. The van der Waals surface area contributed by atoms with E-state index in [0.29, 0.717) is 30.9 Å². The number of hydrogen-bond donors (Lipinski definition) is 2. The molecular formula is C29H39NO10. The molecule has 220 valence electrons. The number of nitrogens with zero attached hydrogens (tertiary/aromatic N) is 1. The first-order valence-corrected chi connectivity index (χ1v) is 14.1. The largest absolute Gasteiger partial charge is 0.469 e. The molecule has 6 atom stereocenters. The average molecular weight is 562 g/mol. The van der Waals surface area contributed by atoms with E-state index in [1.165, 1.54) is 7.11 Å². The van der Waals surface area contributed by atoms with Gasteiger partial charge in [-0.25, -0.2) is 4.79 Å². The summed E-state index contributed by atoms with van der Waals surface area (Å²) in [5, 5.41) is 21.8. The lowest BCUT2D eigenvalue weighted by Gasteiger charge is -2.40. The van der Waals surface area contributed by atoms with Gasteiger partial charge in [0.05, 0.1) is 25.2 Å². The van der Waals surface area contributed by atoms with Crippen LogP contribution < -0.4 is 9.47 Å². The zero-order chi connectivity index (χ0) is 28.5. The predicted octanol–water partition coefficient (Wildman–Crippen LogP) is 2.31. The summed E-state index contributed by atoms with van der Waals surface area (Å²) in [6.45, 7) is 5.01. The fourth-order valence-electron chi connectivity index (χ4n) is 7.68. The van der Waals surface area contributed by atoms with Crippen molar-refractivity contribution in [3.63, 3.8) is 0 Å². The van der Waals surface area contributed by atoms with Gasteiger partial charge >= 0.3 is 11.9 Å². The Bertz CT molecular complexity index is 1200. The van der Waals surface area contributed by atoms with E-state index in [4.69, 9.17) is 28.4 Å². The summed E-state index contributed by atoms with van der Waals surface area (Å²) in [7, 11) is 2.76. The van der Waals surface area contributed by atoms with Crippen LogP contribution in [-0.4, -0.2) is 89.8 Å². The van der Waals surface area contributed by atoms with Gasteiger partial charge in [-0.3, -0.25) is 9.69 Å². The Labute approximate surface area is 233 Å². The SMILES string of the molecule is COC(=O)CC(O)(CCCC(C)(C)O)C(=O)OC1C2c3cc4c(cc3C3CN5CCCC25CC1(OC)O3)OCO4. The van der Waals surface area contributed by atoms with E-state index in [1.54, 1.807) is 21.0 Å². The van der Waals surface area contributed by atoms with Gasteiger partial charge in [0.2, 0.25) is 12.6 Å². The van der Waals surface area contributed by atoms with Crippen LogP contribution in [0.2, 0.25) is 0 Å². The molecule has 1 saturated carbocycles. The van der Waals surface area contributed by atoms with Crippen LogP contribution in [0, 0.1) is 0 Å². The summed E-state index contributed by atoms with van der Waals surface area (Å²) < 4.78 is 35.4. The van der Waals surface area contributed by atoms with Crippen LogP contribution in [0.25, 0.3) is 0 Å². The Balaban J connectivity index is 1.39. The maximum absolute atomic E-state index is 13.9. The molecule has 1 aromatic carbocycles. The van der Waals surface area contributed by atoms with Crippen LogP contribution in [0.5, 0.6) is 11.5 Å². The molecule has 2 saturated heterocycles. The Kier molecular flexibility index (Phi) is 6.62. The summed E-state index contributed by atoms with van der Waals surface area (Å²) in [6, 6.07) is 3.94. The van der Waals surface area contributed by atoms with Crippen molar-refractivity contribution in [3.8, 4) is 11.5 Å². The standard InChI is InChI=1S/C29H39NO10/c1-26(2,33)7-5-9-28(34,13-22(31)35-3)25(32)39-24-23-18-12-20-19(37-16-38-20)11-17(18)21-14-30-10-6-8-27(23,30)15-29(24,36-4)40-21/h11-12,21,23-24,33-34H,5-10,13-16H2,1-4H3. The van der Waals surface area contributed by atoms with Crippen molar-refractivity contribution in [2.45, 2.75) is 99.4 Å². The molecular weight excluding hydrogens is 522 g/mol. The molecule has 5 aliphatic heterocycles. The zero-order valence-corrected chi connectivity index (χ0v) is 23.6. The van der Waals surface area contributed by atoms with E-state index in [-0.39, 0.29) is 37.2 Å². The molecule has 4 bridgehead atoms. The molecule has 11 heteroatoms. The van der Waals surface area contributed by atoms with Crippen molar-refractivity contribution in [3.05, 3.63) is 23.3 Å². The van der Waals surface area contributed by atoms with Gasteiger partial charge in [0, 0.05) is 31.5 Å². The zero-order valence-electron chi connectivity index (χ0n) is 23.6. The average Bonchev–Trinajstić information content (AvgIpc) is 3.52. The van der Waals surface area contributed by atoms with E-state index in [9.17, 15) is 19.8 Å². The predicted molar refractivity (Wildman–Crippen MR) is 139 cm³/mol. The molecule has 11 nitrogen and oxygen atoms in total. The van der Waals surface area contributed by atoms with Gasteiger partial charge < -0.3 is 38.6 Å². The van der Waals surface area contributed by atoms with E-state index in [2.05, 4.69) is 4.90 Å². The molecule has 5 heterocycles. The van der Waals surface area contributed by atoms with Crippen LogP contribution in [0.1, 0.15) is 81.9 Å². The lowest BCUT2D eigenvalue weighted by molar-refractivity contribution is -0.284. The van der Waals surface area contributed by atoms with E-state index in [1.807, 2.05) is 12.1 Å². The summed E-state index contributed by atoms with van der Waals surface area (Å²) in [4.78, 5) is 28.7. The van der Waals surface area contributed by atoms with Crippen molar-refractivity contribution in [1.82, 2.24) is 4.90 Å². The molecule has 6 unspecified atom stereocenters. The van der Waals surface area contributed by atoms with Crippen molar-refractivity contribution >= 4 is 11.9 Å². The fraction of sp³-hybridized carbons (Fsp3) is 0.724. The minimum atomic E-state index is -2.15. The normalized spacial score (nSPS) is 33.2. The number of carbonyl (C=O) groups is 2. The van der Waals surface area contributed by atoms with Gasteiger partial charge in [-0.2, -0.15) is 0 Å². The van der Waals surface area contributed by atoms with E-state index >= 15 is 0 Å². The van der Waals surface area contributed by atoms with Gasteiger partial charge in [0.1, 0.15) is 0 Å². The van der Waals surface area contributed by atoms with Crippen LogP contribution in [0.15, 0.2) is 12.1 Å². The molecule has 0 radical (unpaired) electrons. The molecule has 1 aromatic rings. The molecule has 2 N–H and O–H groups in total. The number of rotatable bonds is 9. The highest BCUT2D eigenvalue weighted by Gasteiger charge is 2.72. The summed E-state index contributed by atoms with van der Waals surface area (Å²) in [6.07, 6.45) is 1.08. The van der Waals surface area contributed by atoms with Gasteiger partial charge in [-0.05, 0) is 75.8 Å². The second-order valence-electron chi connectivity index (χ2n) is 12.5. The first kappa shape index (κ1) is 27.7. The van der Waals surface area contributed by atoms with Crippen molar-refractivity contribution in [2.75, 3.05) is 34.1 Å². The van der Waals surface area contributed by atoms with Crippen LogP contribution in [0.3, 0.4) is 0 Å². The van der Waals surface area contributed by atoms with Crippen molar-refractivity contribution in [1.29, 1.82) is 0 Å². The van der Waals surface area contributed by atoms with Crippen molar-refractivity contribution in [2.24, 2.45) is 0 Å². The molecule has 0 amide bonds. The Morgan fingerprint density at radius 3 is 2.52 bits per heavy atom. The van der Waals surface area contributed by atoms with Crippen LogP contribution in [-0.2, 0) is 28.5 Å². The number of esters is 2. The fourth-order valence-corrected chi connectivity index (χ4v) is 7.68. The maximum atomic E-state index is 13.9. The molecule has 0 aromatic heterocycles.